The lowest BCUT2D eigenvalue weighted by atomic mass is 10.1. The summed E-state index contributed by atoms with van der Waals surface area (Å²) in [5, 5.41) is 15.2. The first-order valence-corrected chi connectivity index (χ1v) is 3.33. The molecular formula is C9H6N2O. The van der Waals surface area contributed by atoms with Crippen LogP contribution >= 0.6 is 0 Å². The number of carbonyl (C=O) groups excluding carboxylic acids is 1. The van der Waals surface area contributed by atoms with Crippen molar-refractivity contribution >= 4 is 12.0 Å². The van der Waals surface area contributed by atoms with Crippen molar-refractivity contribution in [2.45, 2.75) is 0 Å². The number of benzene rings is 1. The van der Waals surface area contributed by atoms with Crippen molar-refractivity contribution in [2.24, 2.45) is 0 Å². The van der Waals surface area contributed by atoms with Crippen LogP contribution in [0.15, 0.2) is 24.3 Å². The highest BCUT2D eigenvalue weighted by Gasteiger charge is 2.01. The summed E-state index contributed by atoms with van der Waals surface area (Å²) in [6, 6.07) is 8.19. The van der Waals surface area contributed by atoms with Gasteiger partial charge in [0.05, 0.1) is 17.8 Å². The first-order chi connectivity index (χ1) is 5.77. The summed E-state index contributed by atoms with van der Waals surface area (Å²) < 4.78 is 0. The Hall–Kier alpha value is -1.95. The quantitative estimate of drug-likeness (QED) is 0.522. The number of carbonyl (C=O) groups is 1. The Morgan fingerprint density at radius 1 is 1.58 bits per heavy atom. The number of nitrogens with zero attached hydrogens (tertiary/aromatic N) is 1. The molecule has 0 spiro atoms. The highest BCUT2D eigenvalue weighted by molar-refractivity contribution is 6.34. The molecule has 0 radical (unpaired) electrons. The first-order valence-electron chi connectivity index (χ1n) is 3.33. The molecule has 0 amide bonds. The third kappa shape index (κ3) is 1.55. The lowest BCUT2D eigenvalue weighted by Crippen LogP contribution is -1.98. The normalized spacial score (nSPS) is 8.58. The summed E-state index contributed by atoms with van der Waals surface area (Å²) in [5.41, 5.74) is 0.812. The number of nitriles is 1. The van der Waals surface area contributed by atoms with E-state index < -0.39 is 0 Å². The van der Waals surface area contributed by atoms with Crippen LogP contribution in [-0.2, 0) is 0 Å². The van der Waals surface area contributed by atoms with Gasteiger partial charge in [-0.3, -0.25) is 4.79 Å². The Labute approximate surface area is 69.8 Å². The van der Waals surface area contributed by atoms with Gasteiger partial charge in [0.1, 0.15) is 0 Å². The van der Waals surface area contributed by atoms with Crippen molar-refractivity contribution in [1.29, 1.82) is 10.7 Å². The molecular weight excluding hydrogens is 152 g/mol. The van der Waals surface area contributed by atoms with Crippen molar-refractivity contribution in [3.8, 4) is 6.07 Å². The summed E-state index contributed by atoms with van der Waals surface area (Å²) in [6.45, 7) is 0. The smallest absolute Gasteiger partial charge is 0.203 e. The van der Waals surface area contributed by atoms with E-state index in [0.717, 1.165) is 6.21 Å². The summed E-state index contributed by atoms with van der Waals surface area (Å²) in [5.74, 6) is -0.382. The molecule has 0 aromatic heterocycles. The second-order valence-corrected chi connectivity index (χ2v) is 2.20. The van der Waals surface area contributed by atoms with E-state index in [1.807, 2.05) is 6.07 Å². The van der Waals surface area contributed by atoms with Gasteiger partial charge >= 0.3 is 0 Å². The Balaban J connectivity index is 3.11. The van der Waals surface area contributed by atoms with Gasteiger partial charge in [0.2, 0.25) is 5.78 Å². The van der Waals surface area contributed by atoms with Crippen LogP contribution in [0.5, 0.6) is 0 Å². The minimum Gasteiger partial charge on any atom is -0.305 e. The van der Waals surface area contributed by atoms with Crippen molar-refractivity contribution < 1.29 is 4.79 Å². The molecule has 0 saturated heterocycles. The van der Waals surface area contributed by atoms with Crippen molar-refractivity contribution in [3.63, 3.8) is 0 Å². The monoisotopic (exact) mass is 158 g/mol. The number of rotatable bonds is 2. The van der Waals surface area contributed by atoms with E-state index in [-0.39, 0.29) is 5.78 Å². The van der Waals surface area contributed by atoms with Gasteiger partial charge in [-0.25, -0.2) is 0 Å². The highest BCUT2D eigenvalue weighted by atomic mass is 16.1. The molecule has 0 fully saturated rings. The number of hydrogen-bond acceptors (Lipinski definition) is 3. The Bertz CT molecular complexity index is 363. The molecule has 1 rings (SSSR count). The number of ketones is 1. The summed E-state index contributed by atoms with van der Waals surface area (Å²) in [7, 11) is 0. The molecule has 0 aliphatic heterocycles. The molecule has 12 heavy (non-hydrogen) atoms. The Kier molecular flexibility index (Phi) is 2.34. The van der Waals surface area contributed by atoms with Crippen LogP contribution < -0.4 is 0 Å². The van der Waals surface area contributed by atoms with Crippen LogP contribution in [0.3, 0.4) is 0 Å². The van der Waals surface area contributed by atoms with Crippen molar-refractivity contribution in [2.75, 3.05) is 0 Å². The minimum absolute atomic E-state index is 0.379. The van der Waals surface area contributed by atoms with Crippen LogP contribution in [0.25, 0.3) is 0 Å². The van der Waals surface area contributed by atoms with Crippen molar-refractivity contribution in [1.82, 2.24) is 0 Å². The molecule has 0 aliphatic rings. The maximum atomic E-state index is 10.9. The molecule has 0 saturated carbocycles. The largest absolute Gasteiger partial charge is 0.305 e. The van der Waals surface area contributed by atoms with E-state index in [9.17, 15) is 4.79 Å². The summed E-state index contributed by atoms with van der Waals surface area (Å²) >= 11 is 0. The van der Waals surface area contributed by atoms with E-state index in [1.54, 1.807) is 18.2 Å². The fraction of sp³-hybridized carbons (Fsp3) is 0. The van der Waals surface area contributed by atoms with Gasteiger partial charge in [0.25, 0.3) is 0 Å². The zero-order chi connectivity index (χ0) is 8.97. The van der Waals surface area contributed by atoms with E-state index in [2.05, 4.69) is 0 Å². The molecule has 3 heteroatoms. The molecule has 0 unspecified atom stereocenters. The zero-order valence-electron chi connectivity index (χ0n) is 6.24. The zero-order valence-corrected chi connectivity index (χ0v) is 6.24. The van der Waals surface area contributed by atoms with Crippen LogP contribution in [0.2, 0.25) is 0 Å². The first kappa shape index (κ1) is 8.15. The lowest BCUT2D eigenvalue weighted by Gasteiger charge is -1.93. The number of nitrogens with one attached hydrogen (secondary N) is 1. The van der Waals surface area contributed by atoms with E-state index in [4.69, 9.17) is 10.7 Å². The van der Waals surface area contributed by atoms with Gasteiger partial charge in [-0.05, 0) is 12.1 Å². The van der Waals surface area contributed by atoms with Crippen LogP contribution in [0, 0.1) is 16.7 Å². The molecule has 58 valence electrons. The standard InChI is InChI=1S/C9H6N2O/c10-5-7-2-1-3-8(4-7)9(12)6-11/h1-4,6,11H. The number of Topliss-reactive ketones (excluding diaryl/α,β-unsaturated/α-hetero) is 1. The fourth-order valence-electron chi connectivity index (χ4n) is 0.825. The topological polar surface area (TPSA) is 64.7 Å². The predicted molar refractivity (Wildman–Crippen MR) is 44.3 cm³/mol. The molecule has 0 heterocycles. The summed E-state index contributed by atoms with van der Waals surface area (Å²) in [4.78, 5) is 10.9. The maximum Gasteiger partial charge on any atom is 0.203 e. The third-order valence-electron chi connectivity index (χ3n) is 1.41. The highest BCUT2D eigenvalue weighted by Crippen LogP contribution is 2.03. The second kappa shape index (κ2) is 3.44. The molecule has 3 nitrogen and oxygen atoms in total. The molecule has 1 N–H and O–H groups in total. The average Bonchev–Trinajstić information content (AvgIpc) is 2.17. The van der Waals surface area contributed by atoms with Gasteiger partial charge in [0, 0.05) is 5.56 Å². The van der Waals surface area contributed by atoms with Gasteiger partial charge < -0.3 is 5.41 Å². The second-order valence-electron chi connectivity index (χ2n) is 2.20. The number of hydrogen-bond donors (Lipinski definition) is 1. The molecule has 0 bridgehead atoms. The molecule has 1 aromatic carbocycles. The Morgan fingerprint density at radius 2 is 2.33 bits per heavy atom. The Morgan fingerprint density at radius 3 is 2.92 bits per heavy atom. The van der Waals surface area contributed by atoms with E-state index in [0.29, 0.717) is 11.1 Å². The third-order valence-corrected chi connectivity index (χ3v) is 1.41. The molecule has 0 atom stereocenters. The fourth-order valence-corrected chi connectivity index (χ4v) is 0.825. The van der Waals surface area contributed by atoms with Gasteiger partial charge in [-0.1, -0.05) is 12.1 Å². The van der Waals surface area contributed by atoms with E-state index in [1.165, 1.54) is 6.07 Å². The van der Waals surface area contributed by atoms with Crippen molar-refractivity contribution in [3.05, 3.63) is 35.4 Å². The summed E-state index contributed by atoms with van der Waals surface area (Å²) in [6.07, 6.45) is 0.733. The minimum atomic E-state index is -0.382. The predicted octanol–water partition coefficient (Wildman–Crippen LogP) is 1.39. The SMILES string of the molecule is N#Cc1cccc(C(=O)C=N)c1. The molecule has 1 aromatic rings. The average molecular weight is 158 g/mol. The molecule has 0 aliphatic carbocycles. The van der Waals surface area contributed by atoms with Crippen LogP contribution in [0.4, 0.5) is 0 Å². The van der Waals surface area contributed by atoms with E-state index >= 15 is 0 Å². The van der Waals surface area contributed by atoms with Gasteiger partial charge in [-0.15, -0.1) is 0 Å². The lowest BCUT2D eigenvalue weighted by molar-refractivity contribution is 0.107. The van der Waals surface area contributed by atoms with Gasteiger partial charge in [0.15, 0.2) is 0 Å². The van der Waals surface area contributed by atoms with Crippen LogP contribution in [-0.4, -0.2) is 12.0 Å². The van der Waals surface area contributed by atoms with Gasteiger partial charge in [-0.2, -0.15) is 5.26 Å². The van der Waals surface area contributed by atoms with Crippen LogP contribution in [0.1, 0.15) is 15.9 Å². The maximum absolute atomic E-state index is 10.9.